The largest absolute Gasteiger partial charge is 0.324 e. The van der Waals surface area contributed by atoms with E-state index in [2.05, 4.69) is 26.3 Å². The van der Waals surface area contributed by atoms with Crippen molar-refractivity contribution in [1.82, 2.24) is 9.78 Å². The lowest BCUT2D eigenvalue weighted by Crippen LogP contribution is -2.29. The normalized spacial score (nSPS) is 10.5. The summed E-state index contributed by atoms with van der Waals surface area (Å²) in [5, 5.41) is 7.51. The molecule has 1 amide bonds. The Morgan fingerprint density at radius 1 is 1.12 bits per heavy atom. The minimum atomic E-state index is -0.361. The molecule has 126 valence electrons. The molecule has 0 aliphatic carbocycles. The predicted octanol–water partition coefficient (Wildman–Crippen LogP) is 3.96. The van der Waals surface area contributed by atoms with E-state index in [1.165, 1.54) is 6.07 Å². The molecule has 0 fully saturated rings. The predicted molar refractivity (Wildman–Crippen MR) is 102 cm³/mol. The van der Waals surface area contributed by atoms with Crippen molar-refractivity contribution in [1.29, 1.82) is 0 Å². The lowest BCUT2D eigenvalue weighted by molar-refractivity contribution is -0.117. The highest BCUT2D eigenvalue weighted by Crippen LogP contribution is 2.24. The molecule has 5 nitrogen and oxygen atoms in total. The topological polar surface area (TPSA) is 64.0 Å². The van der Waals surface area contributed by atoms with Gasteiger partial charge in [0.05, 0.1) is 10.7 Å². The first-order chi connectivity index (χ1) is 12.0. The van der Waals surface area contributed by atoms with Crippen LogP contribution in [0.15, 0.2) is 69.9 Å². The Balaban J connectivity index is 1.83. The van der Waals surface area contributed by atoms with Gasteiger partial charge in [-0.3, -0.25) is 9.59 Å². The first kappa shape index (κ1) is 17.4. The Hall–Kier alpha value is -2.44. The van der Waals surface area contributed by atoms with Crippen LogP contribution in [0, 0.1) is 0 Å². The summed E-state index contributed by atoms with van der Waals surface area (Å²) in [5.41, 5.74) is 1.50. The second-order valence-corrected chi connectivity index (χ2v) is 6.58. The van der Waals surface area contributed by atoms with E-state index in [1.54, 1.807) is 30.3 Å². The first-order valence-corrected chi connectivity index (χ1v) is 8.58. The first-order valence-electron chi connectivity index (χ1n) is 7.41. The Morgan fingerprint density at radius 2 is 1.92 bits per heavy atom. The number of anilines is 1. The number of rotatable bonds is 4. The van der Waals surface area contributed by atoms with Gasteiger partial charge in [-0.05, 0) is 30.3 Å². The van der Waals surface area contributed by atoms with Gasteiger partial charge in [0.1, 0.15) is 6.54 Å². The molecule has 1 heterocycles. The molecule has 1 N–H and O–H groups in total. The minimum absolute atomic E-state index is 0.191. The molecule has 0 aliphatic rings. The number of benzene rings is 2. The van der Waals surface area contributed by atoms with Crippen molar-refractivity contribution < 1.29 is 4.79 Å². The highest BCUT2D eigenvalue weighted by Gasteiger charge is 2.10. The van der Waals surface area contributed by atoms with Gasteiger partial charge in [0.25, 0.3) is 5.56 Å². The van der Waals surface area contributed by atoms with Crippen LogP contribution in [-0.4, -0.2) is 15.7 Å². The summed E-state index contributed by atoms with van der Waals surface area (Å²) in [6.07, 6.45) is 0. The quantitative estimate of drug-likeness (QED) is 0.697. The third kappa shape index (κ3) is 4.35. The number of hydrogen-bond donors (Lipinski definition) is 1. The molecule has 0 saturated carbocycles. The third-order valence-electron chi connectivity index (χ3n) is 3.42. The van der Waals surface area contributed by atoms with Crippen LogP contribution in [0.2, 0.25) is 5.02 Å². The maximum atomic E-state index is 12.2. The van der Waals surface area contributed by atoms with E-state index in [1.807, 2.05) is 24.3 Å². The molecule has 0 radical (unpaired) electrons. The summed E-state index contributed by atoms with van der Waals surface area (Å²) in [5.74, 6) is -0.344. The van der Waals surface area contributed by atoms with Gasteiger partial charge in [0.2, 0.25) is 5.91 Å². The van der Waals surface area contributed by atoms with E-state index < -0.39 is 0 Å². The second kappa shape index (κ2) is 7.63. The molecule has 3 aromatic rings. The minimum Gasteiger partial charge on any atom is -0.324 e. The lowest BCUT2D eigenvalue weighted by atomic mass is 10.1. The van der Waals surface area contributed by atoms with Gasteiger partial charge < -0.3 is 5.32 Å². The molecular formula is C18H13BrClN3O2. The van der Waals surface area contributed by atoms with E-state index in [0.717, 1.165) is 9.15 Å². The van der Waals surface area contributed by atoms with E-state index in [0.29, 0.717) is 22.0 Å². The van der Waals surface area contributed by atoms with Gasteiger partial charge in [0.15, 0.2) is 0 Å². The monoisotopic (exact) mass is 417 g/mol. The Kier molecular flexibility index (Phi) is 5.31. The fourth-order valence-electron chi connectivity index (χ4n) is 2.28. The Morgan fingerprint density at radius 3 is 2.68 bits per heavy atom. The van der Waals surface area contributed by atoms with Gasteiger partial charge in [-0.25, -0.2) is 4.68 Å². The van der Waals surface area contributed by atoms with Crippen LogP contribution in [0.1, 0.15) is 0 Å². The molecule has 25 heavy (non-hydrogen) atoms. The van der Waals surface area contributed by atoms with Crippen LogP contribution in [0.4, 0.5) is 5.69 Å². The molecule has 1 aromatic heterocycles. The zero-order valence-electron chi connectivity index (χ0n) is 12.9. The summed E-state index contributed by atoms with van der Waals surface area (Å²) in [6.45, 7) is -0.191. The van der Waals surface area contributed by atoms with Gasteiger partial charge in [0, 0.05) is 21.8 Å². The Labute approximate surface area is 157 Å². The van der Waals surface area contributed by atoms with Crippen LogP contribution in [0.3, 0.4) is 0 Å². The molecule has 2 aromatic carbocycles. The molecule has 0 saturated heterocycles. The summed E-state index contributed by atoms with van der Waals surface area (Å²) < 4.78 is 1.97. The summed E-state index contributed by atoms with van der Waals surface area (Å²) in [7, 11) is 0. The fraction of sp³-hybridized carbons (Fsp3) is 0.0556. The summed E-state index contributed by atoms with van der Waals surface area (Å²) in [4.78, 5) is 24.2. The van der Waals surface area contributed by atoms with Crippen molar-refractivity contribution in [3.63, 3.8) is 0 Å². The summed E-state index contributed by atoms with van der Waals surface area (Å²) in [6, 6.07) is 17.4. The van der Waals surface area contributed by atoms with Crippen molar-refractivity contribution in [2.75, 3.05) is 5.32 Å². The molecule has 0 aliphatic heterocycles. The maximum absolute atomic E-state index is 12.2. The molecule has 3 rings (SSSR count). The van der Waals surface area contributed by atoms with Crippen LogP contribution >= 0.6 is 27.5 Å². The second-order valence-electron chi connectivity index (χ2n) is 5.25. The number of aromatic nitrogens is 2. The van der Waals surface area contributed by atoms with E-state index in [-0.39, 0.29) is 18.0 Å². The number of amides is 1. The average Bonchev–Trinajstić information content (AvgIpc) is 2.57. The lowest BCUT2D eigenvalue weighted by Gasteiger charge is -2.09. The van der Waals surface area contributed by atoms with Gasteiger partial charge >= 0.3 is 0 Å². The smallest absolute Gasteiger partial charge is 0.267 e. The summed E-state index contributed by atoms with van der Waals surface area (Å²) >= 11 is 9.51. The molecule has 0 spiro atoms. The van der Waals surface area contributed by atoms with Crippen LogP contribution in [0.5, 0.6) is 0 Å². The number of nitrogens with one attached hydrogen (secondary N) is 1. The molecular weight excluding hydrogens is 406 g/mol. The average molecular weight is 419 g/mol. The zero-order chi connectivity index (χ0) is 17.8. The van der Waals surface area contributed by atoms with E-state index in [4.69, 9.17) is 11.6 Å². The highest BCUT2D eigenvalue weighted by molar-refractivity contribution is 9.10. The fourth-order valence-corrected chi connectivity index (χ4v) is 2.91. The number of carbonyl (C=O) groups excluding carboxylic acids is 1. The van der Waals surface area contributed by atoms with E-state index in [9.17, 15) is 9.59 Å². The number of hydrogen-bond acceptors (Lipinski definition) is 3. The van der Waals surface area contributed by atoms with Gasteiger partial charge in [-0.15, -0.1) is 0 Å². The van der Waals surface area contributed by atoms with Crippen molar-refractivity contribution in [3.8, 4) is 11.3 Å². The van der Waals surface area contributed by atoms with E-state index >= 15 is 0 Å². The standard InChI is InChI=1S/C18H13BrClN3O2/c19-12-4-3-5-13(10-12)21-17(24)11-23-18(25)9-8-16(22-23)14-6-1-2-7-15(14)20/h1-10H,11H2,(H,21,24). The van der Waals surface area contributed by atoms with Crippen molar-refractivity contribution in [3.05, 3.63) is 80.5 Å². The zero-order valence-corrected chi connectivity index (χ0v) is 15.3. The molecule has 0 bridgehead atoms. The SMILES string of the molecule is O=C(Cn1nc(-c2ccccc2Cl)ccc1=O)Nc1cccc(Br)c1. The van der Waals surface area contributed by atoms with Crippen molar-refractivity contribution in [2.45, 2.75) is 6.54 Å². The highest BCUT2D eigenvalue weighted by atomic mass is 79.9. The molecule has 0 unspecified atom stereocenters. The van der Waals surface area contributed by atoms with Gasteiger partial charge in [-0.2, -0.15) is 5.10 Å². The maximum Gasteiger partial charge on any atom is 0.267 e. The number of halogens is 2. The molecule has 0 atom stereocenters. The van der Waals surface area contributed by atoms with Crippen LogP contribution in [-0.2, 0) is 11.3 Å². The van der Waals surface area contributed by atoms with Crippen molar-refractivity contribution >= 4 is 39.1 Å². The van der Waals surface area contributed by atoms with Crippen molar-refractivity contribution in [2.24, 2.45) is 0 Å². The number of carbonyl (C=O) groups is 1. The van der Waals surface area contributed by atoms with Crippen LogP contribution in [0.25, 0.3) is 11.3 Å². The third-order valence-corrected chi connectivity index (χ3v) is 4.24. The van der Waals surface area contributed by atoms with Crippen LogP contribution < -0.4 is 10.9 Å². The van der Waals surface area contributed by atoms with Gasteiger partial charge in [-0.1, -0.05) is 51.8 Å². The Bertz CT molecular complexity index is 988. The molecule has 7 heteroatoms. The number of nitrogens with zero attached hydrogens (tertiary/aromatic N) is 2.